The molecule has 1 aromatic heterocycles. The van der Waals surface area contributed by atoms with Crippen LogP contribution in [0.2, 0.25) is 0 Å². The van der Waals surface area contributed by atoms with Crippen LogP contribution in [0.4, 0.5) is 0 Å². The molecule has 2 nitrogen and oxygen atoms in total. The number of thiophene rings is 1. The van der Waals surface area contributed by atoms with Crippen molar-refractivity contribution in [3.05, 3.63) is 49.6 Å². The van der Waals surface area contributed by atoms with Crippen molar-refractivity contribution < 1.29 is 9.53 Å². The molecule has 18 heavy (non-hydrogen) atoms. The SMILES string of the molecule is COc1cc(C(=O)c2cc(Br)c(C)s2)ccc1C. The molecule has 1 heterocycles. The van der Waals surface area contributed by atoms with Crippen molar-refractivity contribution in [2.24, 2.45) is 0 Å². The van der Waals surface area contributed by atoms with Crippen LogP contribution in [-0.4, -0.2) is 12.9 Å². The molecule has 0 radical (unpaired) electrons. The highest BCUT2D eigenvalue weighted by Crippen LogP contribution is 2.29. The molecule has 0 aliphatic heterocycles. The van der Waals surface area contributed by atoms with Crippen molar-refractivity contribution in [2.45, 2.75) is 13.8 Å². The Balaban J connectivity index is 2.39. The molecule has 0 unspecified atom stereocenters. The molecule has 2 aromatic rings. The first kappa shape index (κ1) is 13.3. The number of hydrogen-bond donors (Lipinski definition) is 0. The fraction of sp³-hybridized carbons (Fsp3) is 0.214. The van der Waals surface area contributed by atoms with Crippen LogP contribution in [0.25, 0.3) is 0 Å². The number of carbonyl (C=O) groups excluding carboxylic acids is 1. The third-order valence-corrected chi connectivity index (χ3v) is 4.89. The van der Waals surface area contributed by atoms with E-state index in [1.165, 1.54) is 11.3 Å². The number of aryl methyl sites for hydroxylation is 2. The molecule has 94 valence electrons. The number of halogens is 1. The standard InChI is InChI=1S/C14H13BrO2S/c1-8-4-5-10(6-12(8)17-3)14(16)13-7-11(15)9(2)18-13/h4-7H,1-3H3. The Hall–Kier alpha value is -1.13. The maximum atomic E-state index is 12.3. The molecule has 0 atom stereocenters. The third-order valence-electron chi connectivity index (χ3n) is 2.75. The van der Waals surface area contributed by atoms with Gasteiger partial charge in [0.1, 0.15) is 5.75 Å². The van der Waals surface area contributed by atoms with Crippen LogP contribution in [-0.2, 0) is 0 Å². The van der Waals surface area contributed by atoms with Gasteiger partial charge in [-0.25, -0.2) is 0 Å². The predicted octanol–water partition coefficient (Wildman–Crippen LogP) is 4.37. The minimum absolute atomic E-state index is 0.0344. The molecule has 0 aliphatic carbocycles. The molecule has 4 heteroatoms. The molecule has 0 fully saturated rings. The molecule has 0 saturated heterocycles. The first-order valence-corrected chi connectivity index (χ1v) is 7.09. The maximum Gasteiger partial charge on any atom is 0.203 e. The molecule has 0 aliphatic rings. The largest absolute Gasteiger partial charge is 0.496 e. The quantitative estimate of drug-likeness (QED) is 0.784. The summed E-state index contributed by atoms with van der Waals surface area (Å²) >= 11 is 4.93. The summed E-state index contributed by atoms with van der Waals surface area (Å²) in [5.41, 5.74) is 1.68. The zero-order valence-corrected chi connectivity index (χ0v) is 12.8. The molecule has 0 bridgehead atoms. The summed E-state index contributed by atoms with van der Waals surface area (Å²) in [7, 11) is 1.61. The average molecular weight is 325 g/mol. The average Bonchev–Trinajstić information content (AvgIpc) is 2.69. The van der Waals surface area contributed by atoms with Gasteiger partial charge >= 0.3 is 0 Å². The monoisotopic (exact) mass is 324 g/mol. The van der Waals surface area contributed by atoms with E-state index in [0.29, 0.717) is 5.56 Å². The molecular weight excluding hydrogens is 312 g/mol. The lowest BCUT2D eigenvalue weighted by molar-refractivity contribution is 0.104. The van der Waals surface area contributed by atoms with E-state index in [2.05, 4.69) is 15.9 Å². The van der Waals surface area contributed by atoms with E-state index < -0.39 is 0 Å². The minimum Gasteiger partial charge on any atom is -0.496 e. The number of ketones is 1. The van der Waals surface area contributed by atoms with E-state index in [1.807, 2.05) is 32.0 Å². The van der Waals surface area contributed by atoms with Gasteiger partial charge in [-0.15, -0.1) is 11.3 Å². The zero-order chi connectivity index (χ0) is 13.3. The van der Waals surface area contributed by atoms with Crippen LogP contribution in [0.5, 0.6) is 5.75 Å². The summed E-state index contributed by atoms with van der Waals surface area (Å²) in [6.07, 6.45) is 0. The van der Waals surface area contributed by atoms with Crippen LogP contribution in [0, 0.1) is 13.8 Å². The molecule has 0 spiro atoms. The van der Waals surface area contributed by atoms with E-state index in [0.717, 1.165) is 25.5 Å². The van der Waals surface area contributed by atoms with Gasteiger partial charge in [0, 0.05) is 14.9 Å². The van der Waals surface area contributed by atoms with Gasteiger partial charge in [0.15, 0.2) is 0 Å². The Bertz CT molecular complexity index is 582. The Morgan fingerprint density at radius 1 is 1.28 bits per heavy atom. The van der Waals surface area contributed by atoms with Gasteiger partial charge in [-0.3, -0.25) is 4.79 Å². The fourth-order valence-electron chi connectivity index (χ4n) is 1.68. The highest BCUT2D eigenvalue weighted by atomic mass is 79.9. The van der Waals surface area contributed by atoms with Crippen molar-refractivity contribution in [3.63, 3.8) is 0 Å². The lowest BCUT2D eigenvalue weighted by atomic mass is 10.1. The summed E-state index contributed by atoms with van der Waals surface area (Å²) in [6, 6.07) is 7.40. The van der Waals surface area contributed by atoms with Crippen molar-refractivity contribution in [1.82, 2.24) is 0 Å². The second kappa shape index (κ2) is 5.24. The first-order valence-electron chi connectivity index (χ1n) is 5.48. The van der Waals surface area contributed by atoms with Crippen molar-refractivity contribution in [2.75, 3.05) is 7.11 Å². The summed E-state index contributed by atoms with van der Waals surface area (Å²) in [4.78, 5) is 14.2. The number of carbonyl (C=O) groups is 1. The zero-order valence-electron chi connectivity index (χ0n) is 10.4. The predicted molar refractivity (Wildman–Crippen MR) is 77.9 cm³/mol. The smallest absolute Gasteiger partial charge is 0.203 e. The topological polar surface area (TPSA) is 26.3 Å². The second-order valence-electron chi connectivity index (χ2n) is 4.03. The van der Waals surface area contributed by atoms with Gasteiger partial charge in [0.2, 0.25) is 5.78 Å². The molecule has 0 saturated carbocycles. The summed E-state index contributed by atoms with van der Waals surface area (Å²) in [6.45, 7) is 3.94. The Morgan fingerprint density at radius 2 is 2.00 bits per heavy atom. The molecular formula is C14H13BrO2S. The summed E-state index contributed by atoms with van der Waals surface area (Å²) in [5.74, 6) is 0.778. The molecule has 0 N–H and O–H groups in total. The third kappa shape index (κ3) is 2.49. The van der Waals surface area contributed by atoms with Gasteiger partial charge < -0.3 is 4.74 Å². The van der Waals surface area contributed by atoms with E-state index >= 15 is 0 Å². The second-order valence-corrected chi connectivity index (χ2v) is 6.14. The van der Waals surface area contributed by atoms with Crippen molar-refractivity contribution >= 4 is 33.0 Å². The number of benzene rings is 1. The van der Waals surface area contributed by atoms with Gasteiger partial charge in [-0.2, -0.15) is 0 Å². The lowest BCUT2D eigenvalue weighted by Crippen LogP contribution is -1.99. The van der Waals surface area contributed by atoms with E-state index in [1.54, 1.807) is 13.2 Å². The molecule has 1 aromatic carbocycles. The Kier molecular flexibility index (Phi) is 3.88. The van der Waals surface area contributed by atoms with Crippen molar-refractivity contribution in [3.8, 4) is 5.75 Å². The molecule has 2 rings (SSSR count). The van der Waals surface area contributed by atoms with E-state index in [9.17, 15) is 4.79 Å². The van der Waals surface area contributed by atoms with E-state index in [-0.39, 0.29) is 5.78 Å². The normalized spacial score (nSPS) is 10.4. The fourth-order valence-corrected chi connectivity index (χ4v) is 3.17. The summed E-state index contributed by atoms with van der Waals surface area (Å²) in [5, 5.41) is 0. The van der Waals surface area contributed by atoms with Crippen LogP contribution < -0.4 is 4.74 Å². The Labute approximate surface area is 119 Å². The van der Waals surface area contributed by atoms with Crippen LogP contribution in [0.3, 0.4) is 0 Å². The number of methoxy groups -OCH3 is 1. The minimum atomic E-state index is 0.0344. The van der Waals surface area contributed by atoms with Crippen LogP contribution >= 0.6 is 27.3 Å². The van der Waals surface area contributed by atoms with E-state index in [4.69, 9.17) is 4.74 Å². The van der Waals surface area contributed by atoms with Gasteiger partial charge in [-0.05, 0) is 47.5 Å². The molecule has 0 amide bonds. The van der Waals surface area contributed by atoms with Crippen molar-refractivity contribution in [1.29, 1.82) is 0 Å². The highest BCUT2D eigenvalue weighted by Gasteiger charge is 2.14. The van der Waals surface area contributed by atoms with Gasteiger partial charge in [-0.1, -0.05) is 12.1 Å². The summed E-state index contributed by atoms with van der Waals surface area (Å²) < 4.78 is 6.22. The van der Waals surface area contributed by atoms with Crippen LogP contribution in [0.15, 0.2) is 28.7 Å². The number of ether oxygens (including phenoxy) is 1. The maximum absolute atomic E-state index is 12.3. The van der Waals surface area contributed by atoms with Gasteiger partial charge in [0.05, 0.1) is 12.0 Å². The van der Waals surface area contributed by atoms with Gasteiger partial charge in [0.25, 0.3) is 0 Å². The van der Waals surface area contributed by atoms with Crippen LogP contribution in [0.1, 0.15) is 25.7 Å². The first-order chi connectivity index (χ1) is 8.52. The number of rotatable bonds is 3. The lowest BCUT2D eigenvalue weighted by Gasteiger charge is -2.06. The highest BCUT2D eigenvalue weighted by molar-refractivity contribution is 9.10. The number of hydrogen-bond acceptors (Lipinski definition) is 3. The Morgan fingerprint density at radius 3 is 2.56 bits per heavy atom.